The summed E-state index contributed by atoms with van der Waals surface area (Å²) in [4.78, 5) is 23.5. The van der Waals surface area contributed by atoms with E-state index in [9.17, 15) is 4.79 Å². The Hall–Kier alpha value is -2.34. The molecule has 5 nitrogen and oxygen atoms in total. The Labute approximate surface area is 133 Å². The molecule has 2 aromatic rings. The Kier molecular flexibility index (Phi) is 4.11. The fourth-order valence-corrected chi connectivity index (χ4v) is 3.21. The number of likely N-dealkylation sites (N-methyl/N-ethyl adjacent to an activating group) is 1. The first-order chi connectivity index (χ1) is 10.7. The molecule has 1 amide bonds. The maximum absolute atomic E-state index is 12.5. The van der Waals surface area contributed by atoms with Gasteiger partial charge in [-0.15, -0.1) is 0 Å². The van der Waals surface area contributed by atoms with E-state index in [-0.39, 0.29) is 5.91 Å². The molecule has 1 saturated heterocycles. The highest BCUT2D eigenvalue weighted by Crippen LogP contribution is 2.33. The highest BCUT2D eigenvalue weighted by Gasteiger charge is 2.32. The van der Waals surface area contributed by atoms with Crippen LogP contribution in [0, 0.1) is 0 Å². The average Bonchev–Trinajstić information content (AvgIpc) is 3.05. The quantitative estimate of drug-likeness (QED) is 0.819. The zero-order valence-electron chi connectivity index (χ0n) is 12.4. The van der Waals surface area contributed by atoms with E-state index in [2.05, 4.69) is 9.98 Å². The van der Waals surface area contributed by atoms with Crippen molar-refractivity contribution in [1.29, 1.82) is 0 Å². The number of thioether (sulfide) groups is 1. The lowest BCUT2D eigenvalue weighted by Gasteiger charge is -2.11. The van der Waals surface area contributed by atoms with Crippen LogP contribution in [0.25, 0.3) is 6.08 Å². The second-order valence-corrected chi connectivity index (χ2v) is 5.82. The van der Waals surface area contributed by atoms with E-state index in [1.165, 1.54) is 11.8 Å². The normalized spacial score (nSPS) is 18.6. The molecule has 6 heteroatoms. The fraction of sp³-hybridized carbons (Fsp3) is 0.188. The molecule has 0 atom stereocenters. The van der Waals surface area contributed by atoms with Gasteiger partial charge in [-0.05, 0) is 49.0 Å². The third-order valence-corrected chi connectivity index (χ3v) is 4.34. The molecule has 0 saturated carbocycles. The van der Waals surface area contributed by atoms with Gasteiger partial charge in [-0.2, -0.15) is 0 Å². The topological polar surface area (TPSA) is 50.5 Å². The average molecular weight is 312 g/mol. The molecule has 1 aliphatic heterocycles. The second kappa shape index (κ2) is 6.19. The number of aromatic nitrogens is 2. The number of aryl methyl sites for hydroxylation is 1. The van der Waals surface area contributed by atoms with Crippen molar-refractivity contribution in [3.63, 3.8) is 0 Å². The number of amidine groups is 1. The molecule has 0 N–H and O–H groups in total. The molecule has 0 radical (unpaired) electrons. The van der Waals surface area contributed by atoms with Gasteiger partial charge in [-0.25, -0.2) is 4.99 Å². The Morgan fingerprint density at radius 2 is 2.23 bits per heavy atom. The van der Waals surface area contributed by atoms with Gasteiger partial charge in [0.15, 0.2) is 5.17 Å². The van der Waals surface area contributed by atoms with Gasteiger partial charge in [0.25, 0.3) is 5.91 Å². The van der Waals surface area contributed by atoms with Crippen LogP contribution in [0.4, 0.5) is 5.69 Å². The number of nitrogens with zero attached hydrogens (tertiary/aromatic N) is 4. The first-order valence-electron chi connectivity index (χ1n) is 7.00. The molecule has 112 valence electrons. The van der Waals surface area contributed by atoms with E-state index in [0.717, 1.165) is 11.4 Å². The SMILES string of the molecule is CCN1C(=O)/C(=C\c2cccn2C)SC1=Nc1cccnc1. The summed E-state index contributed by atoms with van der Waals surface area (Å²) in [5.41, 5.74) is 1.74. The summed E-state index contributed by atoms with van der Waals surface area (Å²) in [6.07, 6.45) is 7.25. The van der Waals surface area contributed by atoms with E-state index in [1.54, 1.807) is 17.3 Å². The number of carbonyl (C=O) groups excluding carboxylic acids is 1. The smallest absolute Gasteiger partial charge is 0.266 e. The summed E-state index contributed by atoms with van der Waals surface area (Å²) in [5, 5.41) is 0.695. The molecule has 1 fully saturated rings. The maximum Gasteiger partial charge on any atom is 0.266 e. The first-order valence-corrected chi connectivity index (χ1v) is 7.82. The van der Waals surface area contributed by atoms with Crippen LogP contribution in [0.15, 0.2) is 52.8 Å². The third kappa shape index (κ3) is 2.82. The van der Waals surface area contributed by atoms with E-state index < -0.39 is 0 Å². The predicted octanol–water partition coefficient (Wildman–Crippen LogP) is 3.04. The van der Waals surface area contributed by atoms with Gasteiger partial charge in [0, 0.05) is 31.7 Å². The molecule has 0 aromatic carbocycles. The number of aliphatic imine (C=N–C) groups is 1. The molecule has 0 bridgehead atoms. The number of rotatable bonds is 3. The number of hydrogen-bond acceptors (Lipinski definition) is 4. The van der Waals surface area contributed by atoms with Gasteiger partial charge in [0.05, 0.1) is 16.8 Å². The molecule has 0 aliphatic carbocycles. The van der Waals surface area contributed by atoms with Gasteiger partial charge >= 0.3 is 0 Å². The van der Waals surface area contributed by atoms with E-state index >= 15 is 0 Å². The minimum atomic E-state index is -0.00339. The monoisotopic (exact) mass is 312 g/mol. The molecule has 0 unspecified atom stereocenters. The van der Waals surface area contributed by atoms with Crippen molar-refractivity contribution in [2.24, 2.45) is 12.0 Å². The number of amides is 1. The van der Waals surface area contributed by atoms with Gasteiger partial charge in [-0.1, -0.05) is 0 Å². The second-order valence-electron chi connectivity index (χ2n) is 4.81. The summed E-state index contributed by atoms with van der Waals surface area (Å²) in [5.74, 6) is -0.00339. The zero-order chi connectivity index (χ0) is 15.5. The lowest BCUT2D eigenvalue weighted by atomic mass is 10.3. The van der Waals surface area contributed by atoms with Crippen molar-refractivity contribution in [2.75, 3.05) is 6.54 Å². The van der Waals surface area contributed by atoms with Crippen molar-refractivity contribution >= 4 is 34.6 Å². The zero-order valence-corrected chi connectivity index (χ0v) is 13.2. The molecular weight excluding hydrogens is 296 g/mol. The summed E-state index contributed by atoms with van der Waals surface area (Å²) in [7, 11) is 1.96. The summed E-state index contributed by atoms with van der Waals surface area (Å²) >= 11 is 1.40. The molecule has 1 aliphatic rings. The molecular formula is C16H16N4OS. The lowest BCUT2D eigenvalue weighted by molar-refractivity contribution is -0.122. The van der Waals surface area contributed by atoms with Crippen LogP contribution in [-0.4, -0.2) is 32.1 Å². The van der Waals surface area contributed by atoms with Crippen molar-refractivity contribution in [2.45, 2.75) is 6.92 Å². The van der Waals surface area contributed by atoms with Crippen LogP contribution in [0.5, 0.6) is 0 Å². The molecule has 3 rings (SSSR count). The Morgan fingerprint density at radius 1 is 1.36 bits per heavy atom. The Bertz CT molecular complexity index is 749. The minimum Gasteiger partial charge on any atom is -0.351 e. The minimum absolute atomic E-state index is 0.00339. The first kappa shape index (κ1) is 14.6. The lowest BCUT2D eigenvalue weighted by Crippen LogP contribution is -2.28. The van der Waals surface area contributed by atoms with Gasteiger partial charge in [0.1, 0.15) is 0 Å². The standard InChI is InChI=1S/C16H16N4OS/c1-3-20-15(21)14(10-13-7-5-9-19(13)2)22-16(20)18-12-6-4-8-17-11-12/h4-11H,3H2,1-2H3/b14-10+,18-16?. The molecule has 2 aromatic heterocycles. The third-order valence-electron chi connectivity index (χ3n) is 3.34. The van der Waals surface area contributed by atoms with Crippen molar-refractivity contribution in [3.05, 3.63) is 53.5 Å². The largest absolute Gasteiger partial charge is 0.351 e. The molecule has 0 spiro atoms. The summed E-state index contributed by atoms with van der Waals surface area (Å²) in [6, 6.07) is 7.64. The van der Waals surface area contributed by atoms with Gasteiger partial charge in [-0.3, -0.25) is 14.7 Å². The Balaban J connectivity index is 1.94. The number of hydrogen-bond donors (Lipinski definition) is 0. The van der Waals surface area contributed by atoms with Gasteiger partial charge < -0.3 is 4.57 Å². The highest BCUT2D eigenvalue weighted by atomic mass is 32.2. The van der Waals surface area contributed by atoms with Crippen molar-refractivity contribution < 1.29 is 4.79 Å². The fourth-order valence-electron chi connectivity index (χ4n) is 2.16. The number of pyridine rings is 1. The van der Waals surface area contributed by atoms with E-state index in [0.29, 0.717) is 16.6 Å². The summed E-state index contributed by atoms with van der Waals surface area (Å²) < 4.78 is 1.98. The van der Waals surface area contributed by atoms with E-state index in [1.807, 2.05) is 55.1 Å². The van der Waals surface area contributed by atoms with Crippen LogP contribution in [0.3, 0.4) is 0 Å². The van der Waals surface area contributed by atoms with Crippen LogP contribution >= 0.6 is 11.8 Å². The van der Waals surface area contributed by atoms with Crippen LogP contribution in [-0.2, 0) is 11.8 Å². The van der Waals surface area contributed by atoms with Crippen molar-refractivity contribution in [3.8, 4) is 0 Å². The summed E-state index contributed by atoms with van der Waals surface area (Å²) in [6.45, 7) is 2.54. The van der Waals surface area contributed by atoms with E-state index in [4.69, 9.17) is 0 Å². The van der Waals surface area contributed by atoms with Crippen LogP contribution < -0.4 is 0 Å². The predicted molar refractivity (Wildman–Crippen MR) is 89.7 cm³/mol. The highest BCUT2D eigenvalue weighted by molar-refractivity contribution is 8.18. The van der Waals surface area contributed by atoms with Crippen LogP contribution in [0.1, 0.15) is 12.6 Å². The molecule has 3 heterocycles. The molecule has 22 heavy (non-hydrogen) atoms. The van der Waals surface area contributed by atoms with Crippen molar-refractivity contribution in [1.82, 2.24) is 14.5 Å². The van der Waals surface area contributed by atoms with Crippen LogP contribution in [0.2, 0.25) is 0 Å². The number of carbonyl (C=O) groups is 1. The van der Waals surface area contributed by atoms with Gasteiger partial charge in [0.2, 0.25) is 0 Å². The maximum atomic E-state index is 12.5. The Morgan fingerprint density at radius 3 is 2.86 bits per heavy atom.